The summed E-state index contributed by atoms with van der Waals surface area (Å²) in [6, 6.07) is -0.208. The van der Waals surface area contributed by atoms with E-state index in [0.29, 0.717) is 12.8 Å². The predicted octanol–water partition coefficient (Wildman–Crippen LogP) is 1.62. The van der Waals surface area contributed by atoms with Crippen LogP contribution in [0.4, 0.5) is 13.2 Å². The maximum absolute atomic E-state index is 12.4. The molecule has 1 saturated carbocycles. The summed E-state index contributed by atoms with van der Waals surface area (Å²) in [4.78, 5) is 11.6. The number of hydrogen-bond acceptors (Lipinski definition) is 3. The standard InChI is InChI=1S/C11H19F3N2O2.ClH/c1-18-9(6-15)10(17)16-8-4-2-7(3-5-8)11(12,13)14;/h7-9H,2-6,15H2,1H3,(H,16,17);1H. The van der Waals surface area contributed by atoms with Crippen LogP contribution in [-0.4, -0.2) is 37.9 Å². The fraction of sp³-hybridized carbons (Fsp3) is 0.909. The van der Waals surface area contributed by atoms with Crippen LogP contribution in [-0.2, 0) is 9.53 Å². The Bertz CT molecular complexity index is 278. The van der Waals surface area contributed by atoms with Crippen molar-refractivity contribution in [3.63, 3.8) is 0 Å². The van der Waals surface area contributed by atoms with Crippen molar-refractivity contribution in [2.45, 2.75) is 44.0 Å². The van der Waals surface area contributed by atoms with Gasteiger partial charge >= 0.3 is 6.18 Å². The molecule has 0 aromatic rings. The molecule has 114 valence electrons. The Morgan fingerprint density at radius 3 is 2.26 bits per heavy atom. The topological polar surface area (TPSA) is 64.3 Å². The molecule has 0 aromatic carbocycles. The number of amides is 1. The van der Waals surface area contributed by atoms with Crippen LogP contribution in [0.15, 0.2) is 0 Å². The third-order valence-corrected chi connectivity index (χ3v) is 3.33. The van der Waals surface area contributed by atoms with Crippen LogP contribution >= 0.6 is 12.4 Å². The summed E-state index contributed by atoms with van der Waals surface area (Å²) in [6.07, 6.45) is -4.04. The molecule has 4 nitrogen and oxygen atoms in total. The molecule has 0 radical (unpaired) electrons. The van der Waals surface area contributed by atoms with Gasteiger partial charge in [-0.2, -0.15) is 13.2 Å². The zero-order chi connectivity index (χ0) is 13.8. The van der Waals surface area contributed by atoms with Gasteiger partial charge in [0.15, 0.2) is 0 Å². The minimum absolute atomic E-state index is 0. The maximum Gasteiger partial charge on any atom is 0.391 e. The molecule has 0 bridgehead atoms. The van der Waals surface area contributed by atoms with Crippen LogP contribution in [0.25, 0.3) is 0 Å². The molecule has 8 heteroatoms. The number of nitrogens with one attached hydrogen (secondary N) is 1. The number of hydrogen-bond donors (Lipinski definition) is 2. The molecule has 1 unspecified atom stereocenters. The highest BCUT2D eigenvalue weighted by atomic mass is 35.5. The highest BCUT2D eigenvalue weighted by molar-refractivity contribution is 5.85. The lowest BCUT2D eigenvalue weighted by atomic mass is 9.85. The first-order valence-electron chi connectivity index (χ1n) is 5.98. The van der Waals surface area contributed by atoms with Gasteiger partial charge in [-0.1, -0.05) is 0 Å². The second-order valence-corrected chi connectivity index (χ2v) is 4.56. The van der Waals surface area contributed by atoms with E-state index >= 15 is 0 Å². The van der Waals surface area contributed by atoms with E-state index in [1.165, 1.54) is 7.11 Å². The molecule has 1 atom stereocenters. The van der Waals surface area contributed by atoms with Gasteiger partial charge in [0.1, 0.15) is 6.10 Å². The summed E-state index contributed by atoms with van der Waals surface area (Å²) in [6.45, 7) is 0.0558. The van der Waals surface area contributed by atoms with Gasteiger partial charge in [-0.15, -0.1) is 12.4 Å². The average Bonchev–Trinajstić information content (AvgIpc) is 2.30. The van der Waals surface area contributed by atoms with Crippen molar-refractivity contribution < 1.29 is 22.7 Å². The van der Waals surface area contributed by atoms with Crippen LogP contribution in [0.1, 0.15) is 25.7 Å². The van der Waals surface area contributed by atoms with E-state index in [1.54, 1.807) is 0 Å². The molecule has 0 heterocycles. The van der Waals surface area contributed by atoms with Gasteiger partial charge in [-0.05, 0) is 25.7 Å². The molecule has 1 rings (SSSR count). The Hall–Kier alpha value is -0.530. The zero-order valence-electron chi connectivity index (χ0n) is 10.7. The number of carbonyl (C=O) groups is 1. The Labute approximate surface area is 116 Å². The van der Waals surface area contributed by atoms with E-state index in [2.05, 4.69) is 5.32 Å². The van der Waals surface area contributed by atoms with Crippen LogP contribution < -0.4 is 11.1 Å². The molecule has 0 spiro atoms. The number of methoxy groups -OCH3 is 1. The first-order chi connectivity index (χ1) is 8.38. The number of carbonyl (C=O) groups excluding carboxylic acids is 1. The van der Waals surface area contributed by atoms with Gasteiger partial charge in [-0.3, -0.25) is 4.79 Å². The maximum atomic E-state index is 12.4. The normalized spacial score (nSPS) is 25.3. The van der Waals surface area contributed by atoms with E-state index in [4.69, 9.17) is 10.5 Å². The third-order valence-electron chi connectivity index (χ3n) is 3.33. The summed E-state index contributed by atoms with van der Waals surface area (Å²) in [5, 5.41) is 2.68. The van der Waals surface area contributed by atoms with Crippen LogP contribution in [0.5, 0.6) is 0 Å². The van der Waals surface area contributed by atoms with Crippen molar-refractivity contribution in [2.24, 2.45) is 11.7 Å². The van der Waals surface area contributed by atoms with E-state index in [0.717, 1.165) is 0 Å². The second kappa shape index (κ2) is 7.91. The Morgan fingerprint density at radius 2 is 1.89 bits per heavy atom. The largest absolute Gasteiger partial charge is 0.391 e. The summed E-state index contributed by atoms with van der Waals surface area (Å²) < 4.78 is 42.2. The van der Waals surface area contributed by atoms with Gasteiger partial charge < -0.3 is 15.8 Å². The summed E-state index contributed by atoms with van der Waals surface area (Å²) in [5.41, 5.74) is 5.33. The first-order valence-corrected chi connectivity index (χ1v) is 5.98. The molecule has 1 aliphatic rings. The van der Waals surface area contributed by atoms with E-state index in [1.807, 2.05) is 0 Å². The first kappa shape index (κ1) is 18.5. The minimum atomic E-state index is -4.12. The molecule has 1 fully saturated rings. The summed E-state index contributed by atoms with van der Waals surface area (Å²) >= 11 is 0. The molecular formula is C11H20ClF3N2O2. The van der Waals surface area contributed by atoms with Crippen LogP contribution in [0.3, 0.4) is 0 Å². The molecule has 0 aromatic heterocycles. The van der Waals surface area contributed by atoms with Crippen molar-refractivity contribution in [3.05, 3.63) is 0 Å². The highest BCUT2D eigenvalue weighted by Gasteiger charge is 2.41. The monoisotopic (exact) mass is 304 g/mol. The lowest BCUT2D eigenvalue weighted by Crippen LogP contribution is -2.47. The molecule has 1 amide bonds. The van der Waals surface area contributed by atoms with Gasteiger partial charge in [-0.25, -0.2) is 0 Å². The molecule has 19 heavy (non-hydrogen) atoms. The van der Waals surface area contributed by atoms with Crippen LogP contribution in [0.2, 0.25) is 0 Å². The summed E-state index contributed by atoms with van der Waals surface area (Å²) in [5.74, 6) is -1.59. The number of ether oxygens (including phenoxy) is 1. The molecule has 0 saturated heterocycles. The fourth-order valence-electron chi connectivity index (χ4n) is 2.17. The van der Waals surface area contributed by atoms with Crippen molar-refractivity contribution in [2.75, 3.05) is 13.7 Å². The minimum Gasteiger partial charge on any atom is -0.370 e. The number of nitrogens with two attached hydrogens (primary N) is 1. The quantitative estimate of drug-likeness (QED) is 0.829. The highest BCUT2D eigenvalue weighted by Crippen LogP contribution is 2.37. The molecular weight excluding hydrogens is 285 g/mol. The van der Waals surface area contributed by atoms with Gasteiger partial charge in [0, 0.05) is 19.7 Å². The third kappa shape index (κ3) is 5.54. The average molecular weight is 305 g/mol. The SMILES string of the molecule is COC(CN)C(=O)NC1CCC(C(F)(F)F)CC1.Cl. The van der Waals surface area contributed by atoms with Crippen molar-refractivity contribution in [3.8, 4) is 0 Å². The van der Waals surface area contributed by atoms with E-state index < -0.39 is 18.2 Å². The summed E-state index contributed by atoms with van der Waals surface area (Å²) in [7, 11) is 1.37. The lowest BCUT2D eigenvalue weighted by Gasteiger charge is -2.30. The van der Waals surface area contributed by atoms with Gasteiger partial charge in [0.2, 0.25) is 0 Å². The van der Waals surface area contributed by atoms with Crippen molar-refractivity contribution >= 4 is 18.3 Å². The van der Waals surface area contributed by atoms with Crippen LogP contribution in [0, 0.1) is 5.92 Å². The molecule has 3 N–H and O–H groups in total. The van der Waals surface area contributed by atoms with E-state index in [9.17, 15) is 18.0 Å². The number of halogens is 4. The Morgan fingerprint density at radius 1 is 1.37 bits per heavy atom. The smallest absolute Gasteiger partial charge is 0.370 e. The Kier molecular flexibility index (Phi) is 7.69. The van der Waals surface area contributed by atoms with Crippen molar-refractivity contribution in [1.29, 1.82) is 0 Å². The number of alkyl halides is 3. The van der Waals surface area contributed by atoms with Gasteiger partial charge in [0.25, 0.3) is 5.91 Å². The molecule has 0 aliphatic heterocycles. The zero-order valence-corrected chi connectivity index (χ0v) is 11.5. The van der Waals surface area contributed by atoms with Crippen molar-refractivity contribution in [1.82, 2.24) is 5.32 Å². The van der Waals surface area contributed by atoms with E-state index in [-0.39, 0.29) is 43.7 Å². The Balaban J connectivity index is 0.00000324. The number of rotatable bonds is 4. The predicted molar refractivity (Wildman–Crippen MR) is 67.0 cm³/mol. The van der Waals surface area contributed by atoms with Gasteiger partial charge in [0.05, 0.1) is 5.92 Å². The lowest BCUT2D eigenvalue weighted by molar-refractivity contribution is -0.182. The fourth-order valence-corrected chi connectivity index (χ4v) is 2.17. The molecule has 1 aliphatic carbocycles. The second-order valence-electron chi connectivity index (χ2n) is 4.56.